The van der Waals surface area contributed by atoms with Crippen LogP contribution in [0.15, 0.2) is 24.3 Å². The molecule has 1 aromatic heterocycles. The topological polar surface area (TPSA) is 83.6 Å². The van der Waals surface area contributed by atoms with Crippen molar-refractivity contribution in [1.29, 1.82) is 0 Å². The normalized spacial score (nSPS) is 35.7. The Morgan fingerprint density at radius 2 is 1.88 bits per heavy atom. The van der Waals surface area contributed by atoms with Crippen molar-refractivity contribution in [3.63, 3.8) is 0 Å². The first-order valence-electron chi connectivity index (χ1n) is 8.88. The lowest BCUT2D eigenvalue weighted by Gasteiger charge is -2.61. The van der Waals surface area contributed by atoms with Crippen LogP contribution in [0.3, 0.4) is 0 Å². The molecule has 0 radical (unpaired) electrons. The molecule has 0 saturated heterocycles. The molecule has 2 N–H and O–H groups in total. The fraction of sp³-hybridized carbons (Fsp3) is 0.556. The van der Waals surface area contributed by atoms with Crippen molar-refractivity contribution in [3.8, 4) is 0 Å². The Hall–Kier alpha value is -1.95. The van der Waals surface area contributed by atoms with Crippen molar-refractivity contribution in [2.24, 2.45) is 17.3 Å². The number of nitrogens with one attached hydrogen (secondary N) is 2. The van der Waals surface area contributed by atoms with Crippen molar-refractivity contribution in [2.75, 3.05) is 5.32 Å². The number of rotatable bonds is 3. The molecule has 6 rings (SSSR count). The summed E-state index contributed by atoms with van der Waals surface area (Å²) in [5.41, 5.74) is 1.12. The fourth-order valence-corrected chi connectivity index (χ4v) is 6.24. The number of amides is 1. The van der Waals surface area contributed by atoms with E-state index in [0.29, 0.717) is 11.8 Å². The highest BCUT2D eigenvalue weighted by atomic mass is 35.5. The van der Waals surface area contributed by atoms with E-state index in [0.717, 1.165) is 24.3 Å². The van der Waals surface area contributed by atoms with Gasteiger partial charge < -0.3 is 0 Å². The number of anilines is 1. The third kappa shape index (κ3) is 2.38. The van der Waals surface area contributed by atoms with Crippen LogP contribution in [0.4, 0.5) is 5.95 Å². The van der Waals surface area contributed by atoms with Gasteiger partial charge in [0.25, 0.3) is 5.95 Å². The minimum atomic E-state index is -0.315. The number of carbonyl (C=O) groups excluding carboxylic acids is 1. The molecule has 2 aromatic rings. The van der Waals surface area contributed by atoms with Gasteiger partial charge in [0.2, 0.25) is 5.91 Å². The number of tetrazole rings is 1. The largest absolute Gasteiger partial charge is 0.291 e. The highest BCUT2D eigenvalue weighted by Gasteiger charge is 2.61. The van der Waals surface area contributed by atoms with Crippen LogP contribution >= 0.6 is 11.6 Å². The summed E-state index contributed by atoms with van der Waals surface area (Å²) < 4.78 is 0. The summed E-state index contributed by atoms with van der Waals surface area (Å²) in [5.74, 6) is 1.56. The van der Waals surface area contributed by atoms with Gasteiger partial charge in [-0.25, -0.2) is 0 Å². The Balaban J connectivity index is 1.50. The minimum Gasteiger partial charge on any atom is -0.291 e. The second-order valence-electron chi connectivity index (χ2n) is 8.22. The van der Waals surface area contributed by atoms with E-state index in [1.807, 2.05) is 12.1 Å². The second-order valence-corrected chi connectivity index (χ2v) is 8.65. The summed E-state index contributed by atoms with van der Waals surface area (Å²) in [6.07, 6.45) is 6.47. The molecule has 130 valence electrons. The molecular formula is C18H20ClN5O. The van der Waals surface area contributed by atoms with E-state index in [2.05, 4.69) is 38.1 Å². The zero-order valence-electron chi connectivity index (χ0n) is 13.8. The van der Waals surface area contributed by atoms with Gasteiger partial charge in [0.1, 0.15) is 0 Å². The molecule has 0 spiro atoms. The maximum absolute atomic E-state index is 13.1. The minimum absolute atomic E-state index is 0.0568. The molecule has 2 unspecified atom stereocenters. The number of nitrogens with zero attached hydrogens (tertiary/aromatic N) is 3. The van der Waals surface area contributed by atoms with Gasteiger partial charge in [-0.15, -0.1) is 5.10 Å². The molecule has 0 aliphatic heterocycles. The van der Waals surface area contributed by atoms with Crippen LogP contribution in [-0.4, -0.2) is 26.5 Å². The fourth-order valence-electron chi connectivity index (χ4n) is 6.12. The molecule has 4 aliphatic rings. The van der Waals surface area contributed by atoms with Crippen LogP contribution in [0.2, 0.25) is 5.02 Å². The lowest BCUT2D eigenvalue weighted by Crippen LogP contribution is -2.58. The van der Waals surface area contributed by atoms with Crippen molar-refractivity contribution in [3.05, 3.63) is 34.9 Å². The van der Waals surface area contributed by atoms with Gasteiger partial charge in [-0.1, -0.05) is 28.8 Å². The molecule has 4 bridgehead atoms. The molecule has 4 aliphatic carbocycles. The molecular weight excluding hydrogens is 338 g/mol. The molecule has 25 heavy (non-hydrogen) atoms. The summed E-state index contributed by atoms with van der Waals surface area (Å²) in [5, 5.41) is 17.3. The third-order valence-corrected chi connectivity index (χ3v) is 6.82. The zero-order chi connectivity index (χ0) is 17.1. The van der Waals surface area contributed by atoms with E-state index >= 15 is 0 Å². The average Bonchev–Trinajstić information content (AvgIpc) is 3.07. The molecule has 7 heteroatoms. The highest BCUT2D eigenvalue weighted by Crippen LogP contribution is 2.65. The molecule has 6 nitrogen and oxygen atoms in total. The van der Waals surface area contributed by atoms with E-state index in [-0.39, 0.29) is 22.7 Å². The van der Waals surface area contributed by atoms with Crippen molar-refractivity contribution in [2.45, 2.75) is 43.9 Å². The van der Waals surface area contributed by atoms with Crippen molar-refractivity contribution >= 4 is 23.5 Å². The lowest BCUT2D eigenvalue weighted by atomic mass is 9.42. The zero-order valence-corrected chi connectivity index (χ0v) is 14.6. The van der Waals surface area contributed by atoms with E-state index in [1.54, 1.807) is 0 Å². The first-order valence-corrected chi connectivity index (χ1v) is 9.26. The van der Waals surface area contributed by atoms with Gasteiger partial charge in [0.05, 0.1) is 5.41 Å². The van der Waals surface area contributed by atoms with Crippen LogP contribution < -0.4 is 5.32 Å². The Morgan fingerprint density at radius 3 is 2.52 bits per heavy atom. The third-order valence-electron chi connectivity index (χ3n) is 6.57. The van der Waals surface area contributed by atoms with Gasteiger partial charge in [-0.3, -0.25) is 10.1 Å². The second kappa shape index (κ2) is 5.27. The van der Waals surface area contributed by atoms with Crippen molar-refractivity contribution in [1.82, 2.24) is 20.6 Å². The van der Waals surface area contributed by atoms with Gasteiger partial charge in [0.15, 0.2) is 0 Å². The van der Waals surface area contributed by atoms with Crippen LogP contribution in [0, 0.1) is 17.3 Å². The van der Waals surface area contributed by atoms with Gasteiger partial charge in [-0.05, 0) is 78.7 Å². The highest BCUT2D eigenvalue weighted by molar-refractivity contribution is 6.30. The van der Waals surface area contributed by atoms with E-state index < -0.39 is 0 Å². The van der Waals surface area contributed by atoms with Crippen LogP contribution in [-0.2, 0) is 10.2 Å². The smallest absolute Gasteiger partial charge is 0.269 e. The maximum Gasteiger partial charge on any atom is 0.269 e. The predicted molar refractivity (Wildman–Crippen MR) is 93.1 cm³/mol. The van der Waals surface area contributed by atoms with Crippen molar-refractivity contribution < 1.29 is 4.79 Å². The quantitative estimate of drug-likeness (QED) is 0.882. The molecule has 4 saturated carbocycles. The molecule has 1 aromatic carbocycles. The van der Waals surface area contributed by atoms with E-state index in [9.17, 15) is 4.79 Å². The Labute approximate surface area is 150 Å². The van der Waals surface area contributed by atoms with Crippen LogP contribution in [0.5, 0.6) is 0 Å². The average molecular weight is 358 g/mol. The number of benzene rings is 1. The summed E-state index contributed by atoms with van der Waals surface area (Å²) >= 11 is 6.09. The number of H-pyrrole nitrogens is 1. The molecule has 2 atom stereocenters. The van der Waals surface area contributed by atoms with Crippen LogP contribution in [0.1, 0.15) is 44.1 Å². The first-order chi connectivity index (χ1) is 12.1. The summed E-state index contributed by atoms with van der Waals surface area (Å²) in [6, 6.07) is 8.25. The molecule has 1 amide bonds. The Kier molecular flexibility index (Phi) is 3.23. The molecule has 1 heterocycles. The van der Waals surface area contributed by atoms with Gasteiger partial charge >= 0.3 is 0 Å². The standard InChI is InChI=1S/C18H20ClN5O/c19-14-3-1-13(2-4-14)17-6-11-5-12(7-17)9-18(8-11,10-17)15(25)20-16-21-23-24-22-16/h1-4,11-12H,5-10H2,(H2,20,21,22,23,24,25). The number of hydrogen-bond acceptors (Lipinski definition) is 4. The summed E-state index contributed by atoms with van der Waals surface area (Å²) in [7, 11) is 0. The van der Waals surface area contributed by atoms with E-state index in [1.165, 1.54) is 24.8 Å². The first kappa shape index (κ1) is 15.3. The Morgan fingerprint density at radius 1 is 1.16 bits per heavy atom. The van der Waals surface area contributed by atoms with E-state index in [4.69, 9.17) is 11.6 Å². The summed E-state index contributed by atoms with van der Waals surface area (Å²) in [6.45, 7) is 0. The number of hydrogen-bond donors (Lipinski definition) is 2. The number of aromatic amines is 1. The Bertz CT molecular complexity index is 789. The number of aromatic nitrogens is 4. The van der Waals surface area contributed by atoms with Gasteiger partial charge in [-0.2, -0.15) is 5.21 Å². The maximum atomic E-state index is 13.1. The number of carbonyl (C=O) groups is 1. The SMILES string of the molecule is O=C(Nc1nn[nH]n1)C12CC3CC(C1)CC(c1ccc(Cl)cc1)(C3)C2. The monoisotopic (exact) mass is 357 g/mol. The predicted octanol–water partition coefficient (Wildman–Crippen LogP) is 3.33. The lowest BCUT2D eigenvalue weighted by molar-refractivity contribution is -0.143. The summed E-state index contributed by atoms with van der Waals surface area (Å²) in [4.78, 5) is 13.1. The van der Waals surface area contributed by atoms with Crippen LogP contribution in [0.25, 0.3) is 0 Å². The van der Waals surface area contributed by atoms with Gasteiger partial charge in [0, 0.05) is 5.02 Å². The molecule has 4 fully saturated rings. The number of halogens is 1.